The second-order valence-electron chi connectivity index (χ2n) is 3.53. The van der Waals surface area contributed by atoms with Crippen molar-refractivity contribution in [1.82, 2.24) is 9.97 Å². The number of pyridine rings is 2. The van der Waals surface area contributed by atoms with Crippen LogP contribution >= 0.6 is 0 Å². The average molecular weight is 226 g/mol. The second-order valence-corrected chi connectivity index (χ2v) is 3.53. The van der Waals surface area contributed by atoms with E-state index < -0.39 is 0 Å². The molecule has 0 aromatic carbocycles. The van der Waals surface area contributed by atoms with Gasteiger partial charge >= 0.3 is 0 Å². The summed E-state index contributed by atoms with van der Waals surface area (Å²) in [4.78, 5) is 8.52. The monoisotopic (exact) mass is 226 g/mol. The first kappa shape index (κ1) is 11.3. The largest absolute Gasteiger partial charge is 0.481 e. The number of hydrogen-bond donors (Lipinski definition) is 0. The molecule has 0 atom stereocenters. The van der Waals surface area contributed by atoms with Gasteiger partial charge in [0.15, 0.2) is 0 Å². The zero-order chi connectivity index (χ0) is 12.1. The van der Waals surface area contributed by atoms with Gasteiger partial charge < -0.3 is 4.74 Å². The van der Waals surface area contributed by atoms with Crippen LogP contribution in [0, 0.1) is 0 Å². The molecular weight excluding hydrogens is 212 g/mol. The van der Waals surface area contributed by atoms with Crippen molar-refractivity contribution < 1.29 is 4.74 Å². The molecule has 0 saturated heterocycles. The van der Waals surface area contributed by atoms with Gasteiger partial charge in [0.25, 0.3) is 0 Å². The molecule has 3 nitrogen and oxygen atoms in total. The van der Waals surface area contributed by atoms with E-state index in [0.29, 0.717) is 5.88 Å². The molecule has 0 saturated carbocycles. The fourth-order valence-corrected chi connectivity index (χ4v) is 1.61. The molecule has 2 heterocycles. The molecule has 0 amide bonds. The fraction of sp³-hybridized carbons (Fsp3) is 0.143. The molecule has 0 bridgehead atoms. The lowest BCUT2D eigenvalue weighted by Gasteiger charge is -2.06. The van der Waals surface area contributed by atoms with Crippen LogP contribution in [0.2, 0.25) is 0 Å². The lowest BCUT2D eigenvalue weighted by atomic mass is 10.1. The van der Waals surface area contributed by atoms with Crippen LogP contribution in [0.1, 0.15) is 12.6 Å². The van der Waals surface area contributed by atoms with Crippen molar-refractivity contribution in [2.45, 2.75) is 6.92 Å². The Bertz CT molecular complexity index is 518. The van der Waals surface area contributed by atoms with Crippen LogP contribution in [0.3, 0.4) is 0 Å². The van der Waals surface area contributed by atoms with Crippen LogP contribution in [-0.4, -0.2) is 17.1 Å². The molecule has 2 aromatic heterocycles. The van der Waals surface area contributed by atoms with E-state index in [9.17, 15) is 0 Å². The molecule has 0 aliphatic carbocycles. The van der Waals surface area contributed by atoms with Crippen LogP contribution in [0.15, 0.2) is 42.7 Å². The summed E-state index contributed by atoms with van der Waals surface area (Å²) in [6.07, 6.45) is 7.47. The Balaban J connectivity index is 2.39. The summed E-state index contributed by atoms with van der Waals surface area (Å²) in [7, 11) is 1.62. The summed E-state index contributed by atoms with van der Waals surface area (Å²) in [5.74, 6) is 0.619. The summed E-state index contributed by atoms with van der Waals surface area (Å²) in [6.45, 7) is 1.97. The smallest absolute Gasteiger partial charge is 0.221 e. The van der Waals surface area contributed by atoms with Crippen molar-refractivity contribution in [2.75, 3.05) is 7.11 Å². The predicted octanol–water partition coefficient (Wildman–Crippen LogP) is 3.19. The number of aromatic nitrogens is 2. The van der Waals surface area contributed by atoms with Gasteiger partial charge in [0.2, 0.25) is 5.88 Å². The average Bonchev–Trinajstić information content (AvgIpc) is 2.40. The first-order chi connectivity index (χ1) is 8.35. The van der Waals surface area contributed by atoms with E-state index in [1.54, 1.807) is 13.3 Å². The SMILES string of the molecule is C/C=C/c1ccc(-c2cccnc2OC)cn1. The van der Waals surface area contributed by atoms with Gasteiger partial charge in [-0.2, -0.15) is 0 Å². The number of methoxy groups -OCH3 is 1. The van der Waals surface area contributed by atoms with Gasteiger partial charge in [-0.15, -0.1) is 0 Å². The van der Waals surface area contributed by atoms with E-state index in [1.165, 1.54) is 0 Å². The topological polar surface area (TPSA) is 35.0 Å². The van der Waals surface area contributed by atoms with Gasteiger partial charge in [-0.3, -0.25) is 4.98 Å². The van der Waals surface area contributed by atoms with Crippen molar-refractivity contribution in [1.29, 1.82) is 0 Å². The van der Waals surface area contributed by atoms with Gasteiger partial charge in [-0.1, -0.05) is 12.1 Å². The molecule has 0 radical (unpaired) electrons. The molecule has 3 heteroatoms. The first-order valence-corrected chi connectivity index (χ1v) is 5.43. The Morgan fingerprint density at radius 3 is 2.71 bits per heavy atom. The molecule has 0 unspecified atom stereocenters. The van der Waals surface area contributed by atoms with E-state index in [0.717, 1.165) is 16.8 Å². The van der Waals surface area contributed by atoms with Gasteiger partial charge in [-0.25, -0.2) is 4.98 Å². The molecule has 0 aliphatic heterocycles. The Morgan fingerprint density at radius 1 is 1.18 bits per heavy atom. The molecule has 0 aliphatic rings. The first-order valence-electron chi connectivity index (χ1n) is 5.43. The molecule has 0 N–H and O–H groups in total. The summed E-state index contributed by atoms with van der Waals surface area (Å²) in [6, 6.07) is 7.85. The highest BCUT2D eigenvalue weighted by molar-refractivity contribution is 5.68. The van der Waals surface area contributed by atoms with Crippen LogP contribution in [0.5, 0.6) is 5.88 Å². The molecular formula is C14H14N2O. The van der Waals surface area contributed by atoms with Crippen molar-refractivity contribution in [3.8, 4) is 17.0 Å². The van der Waals surface area contributed by atoms with Crippen molar-refractivity contribution in [3.63, 3.8) is 0 Å². The van der Waals surface area contributed by atoms with Gasteiger partial charge in [0.05, 0.1) is 12.8 Å². The lowest BCUT2D eigenvalue weighted by Crippen LogP contribution is -1.91. The Morgan fingerprint density at radius 2 is 2.06 bits per heavy atom. The van der Waals surface area contributed by atoms with E-state index in [-0.39, 0.29) is 0 Å². The minimum Gasteiger partial charge on any atom is -0.481 e. The van der Waals surface area contributed by atoms with E-state index >= 15 is 0 Å². The van der Waals surface area contributed by atoms with Crippen LogP contribution in [0.25, 0.3) is 17.2 Å². The van der Waals surface area contributed by atoms with E-state index in [1.807, 2.05) is 49.5 Å². The van der Waals surface area contributed by atoms with Gasteiger partial charge in [0.1, 0.15) is 0 Å². The lowest BCUT2D eigenvalue weighted by molar-refractivity contribution is 0.399. The molecule has 0 fully saturated rings. The van der Waals surface area contributed by atoms with Crippen molar-refractivity contribution >= 4 is 6.08 Å². The van der Waals surface area contributed by atoms with Crippen molar-refractivity contribution in [2.24, 2.45) is 0 Å². The van der Waals surface area contributed by atoms with Gasteiger partial charge in [-0.05, 0) is 31.2 Å². The zero-order valence-electron chi connectivity index (χ0n) is 9.92. The summed E-state index contributed by atoms with van der Waals surface area (Å²) >= 11 is 0. The number of ether oxygens (including phenoxy) is 1. The molecule has 2 aromatic rings. The highest BCUT2D eigenvalue weighted by Crippen LogP contribution is 2.26. The molecule has 17 heavy (non-hydrogen) atoms. The minimum absolute atomic E-state index is 0.619. The Kier molecular flexibility index (Phi) is 3.50. The Labute approximate surface area is 101 Å². The highest BCUT2D eigenvalue weighted by Gasteiger charge is 2.05. The number of allylic oxidation sites excluding steroid dienone is 1. The maximum Gasteiger partial charge on any atom is 0.221 e. The highest BCUT2D eigenvalue weighted by atomic mass is 16.5. The predicted molar refractivity (Wildman–Crippen MR) is 68.7 cm³/mol. The maximum absolute atomic E-state index is 5.22. The van der Waals surface area contributed by atoms with Crippen LogP contribution in [-0.2, 0) is 0 Å². The molecule has 2 rings (SSSR count). The summed E-state index contributed by atoms with van der Waals surface area (Å²) < 4.78 is 5.22. The Hall–Kier alpha value is -2.16. The third-order valence-corrected chi connectivity index (χ3v) is 2.40. The summed E-state index contributed by atoms with van der Waals surface area (Å²) in [5, 5.41) is 0. The van der Waals surface area contributed by atoms with E-state index in [4.69, 9.17) is 4.74 Å². The third-order valence-electron chi connectivity index (χ3n) is 2.40. The second kappa shape index (κ2) is 5.25. The van der Waals surface area contributed by atoms with Crippen LogP contribution in [0.4, 0.5) is 0 Å². The number of nitrogens with zero attached hydrogens (tertiary/aromatic N) is 2. The number of rotatable bonds is 3. The van der Waals surface area contributed by atoms with Crippen molar-refractivity contribution in [3.05, 3.63) is 48.4 Å². The quantitative estimate of drug-likeness (QED) is 0.806. The van der Waals surface area contributed by atoms with E-state index in [2.05, 4.69) is 9.97 Å². The zero-order valence-corrected chi connectivity index (χ0v) is 9.92. The third kappa shape index (κ3) is 2.50. The normalized spacial score (nSPS) is 10.7. The van der Waals surface area contributed by atoms with Gasteiger partial charge in [0, 0.05) is 23.5 Å². The maximum atomic E-state index is 5.22. The summed E-state index contributed by atoms with van der Waals surface area (Å²) in [5.41, 5.74) is 2.90. The molecule has 0 spiro atoms. The fourth-order valence-electron chi connectivity index (χ4n) is 1.61. The number of hydrogen-bond acceptors (Lipinski definition) is 3. The minimum atomic E-state index is 0.619. The van der Waals surface area contributed by atoms with Crippen LogP contribution < -0.4 is 4.74 Å². The molecule has 86 valence electrons. The standard InChI is InChI=1S/C14H14N2O/c1-3-5-12-8-7-11(10-16-12)13-6-4-9-15-14(13)17-2/h3-10H,1-2H3/b5-3+.